The Morgan fingerprint density at radius 3 is 3.17 bits per heavy atom. The fourth-order valence-electron chi connectivity index (χ4n) is 3.26. The Balaban J connectivity index is 1.63. The summed E-state index contributed by atoms with van der Waals surface area (Å²) in [5.41, 5.74) is 0.824. The summed E-state index contributed by atoms with van der Waals surface area (Å²) in [5.74, 6) is 1.11. The minimum Gasteiger partial charge on any atom is -0.352 e. The molecule has 1 fully saturated rings. The van der Waals surface area contributed by atoms with E-state index in [0.29, 0.717) is 6.42 Å². The molecule has 0 bridgehead atoms. The average Bonchev–Trinajstić information content (AvgIpc) is 3.28. The molecule has 0 aromatic carbocycles. The van der Waals surface area contributed by atoms with Crippen molar-refractivity contribution in [1.82, 2.24) is 19.7 Å². The molecule has 0 aliphatic carbocycles. The summed E-state index contributed by atoms with van der Waals surface area (Å²) in [5, 5.41) is 7.17. The van der Waals surface area contributed by atoms with E-state index < -0.39 is 0 Å². The normalized spacial score (nSPS) is 18.0. The van der Waals surface area contributed by atoms with Gasteiger partial charge in [-0.25, -0.2) is 9.97 Å². The molecule has 0 unspecified atom stereocenters. The molecule has 4 heterocycles. The van der Waals surface area contributed by atoms with E-state index in [4.69, 9.17) is 0 Å². The van der Waals surface area contributed by atoms with Gasteiger partial charge in [0.1, 0.15) is 12.1 Å². The van der Waals surface area contributed by atoms with E-state index in [1.54, 1.807) is 17.2 Å². The standard InChI is InChI=1S/C16H17N5OS/c1-20-15-12(9-19-20)16(18-10-17-15)21-6-2-4-11(21)8-13(22)14-5-3-7-23-14/h3,5,7,9-11H,2,4,6,8H2,1H3/t11-/m0/s1. The van der Waals surface area contributed by atoms with Gasteiger partial charge in [-0.3, -0.25) is 9.48 Å². The first-order valence-corrected chi connectivity index (χ1v) is 8.58. The van der Waals surface area contributed by atoms with E-state index in [2.05, 4.69) is 20.0 Å². The fraction of sp³-hybridized carbons (Fsp3) is 0.375. The molecule has 3 aromatic heterocycles. The Morgan fingerprint density at radius 2 is 2.35 bits per heavy atom. The molecule has 0 spiro atoms. The molecule has 0 saturated carbocycles. The van der Waals surface area contributed by atoms with Crippen molar-refractivity contribution in [2.45, 2.75) is 25.3 Å². The third kappa shape index (κ3) is 2.50. The van der Waals surface area contributed by atoms with Gasteiger partial charge >= 0.3 is 0 Å². The van der Waals surface area contributed by atoms with Crippen molar-refractivity contribution in [2.24, 2.45) is 7.05 Å². The van der Waals surface area contributed by atoms with Crippen LogP contribution in [0.4, 0.5) is 5.82 Å². The highest BCUT2D eigenvalue weighted by molar-refractivity contribution is 7.12. The van der Waals surface area contributed by atoms with Gasteiger partial charge in [0, 0.05) is 26.1 Å². The van der Waals surface area contributed by atoms with Crippen LogP contribution in [0.2, 0.25) is 0 Å². The number of aromatic nitrogens is 4. The van der Waals surface area contributed by atoms with Crippen LogP contribution in [0.5, 0.6) is 0 Å². The number of hydrogen-bond donors (Lipinski definition) is 0. The molecule has 3 aromatic rings. The van der Waals surface area contributed by atoms with E-state index in [1.807, 2.05) is 24.6 Å². The van der Waals surface area contributed by atoms with Crippen molar-refractivity contribution in [2.75, 3.05) is 11.4 Å². The number of hydrogen-bond acceptors (Lipinski definition) is 6. The third-order valence-electron chi connectivity index (χ3n) is 4.37. The van der Waals surface area contributed by atoms with Crippen LogP contribution >= 0.6 is 11.3 Å². The molecule has 7 heteroatoms. The number of carbonyl (C=O) groups is 1. The number of aryl methyl sites for hydroxylation is 1. The zero-order chi connectivity index (χ0) is 15.8. The van der Waals surface area contributed by atoms with Gasteiger partial charge in [-0.2, -0.15) is 5.10 Å². The first kappa shape index (κ1) is 14.3. The Labute approximate surface area is 137 Å². The maximum Gasteiger partial charge on any atom is 0.174 e. The first-order valence-electron chi connectivity index (χ1n) is 7.70. The maximum atomic E-state index is 12.4. The lowest BCUT2D eigenvalue weighted by atomic mass is 10.1. The number of rotatable bonds is 4. The van der Waals surface area contributed by atoms with Crippen LogP contribution in [-0.2, 0) is 7.05 Å². The van der Waals surface area contributed by atoms with Crippen LogP contribution in [-0.4, -0.2) is 38.1 Å². The zero-order valence-electron chi connectivity index (χ0n) is 12.8. The molecular weight excluding hydrogens is 310 g/mol. The number of anilines is 1. The highest BCUT2D eigenvalue weighted by Crippen LogP contribution is 2.31. The van der Waals surface area contributed by atoms with Crippen LogP contribution < -0.4 is 4.90 Å². The third-order valence-corrected chi connectivity index (χ3v) is 5.29. The lowest BCUT2D eigenvalue weighted by Crippen LogP contribution is -2.32. The highest BCUT2D eigenvalue weighted by Gasteiger charge is 2.29. The molecule has 0 amide bonds. The predicted octanol–water partition coefficient (Wildman–Crippen LogP) is 2.67. The van der Waals surface area contributed by atoms with Crippen molar-refractivity contribution in [3.63, 3.8) is 0 Å². The van der Waals surface area contributed by atoms with Crippen LogP contribution in [0.3, 0.4) is 0 Å². The average molecular weight is 327 g/mol. The molecule has 1 atom stereocenters. The Morgan fingerprint density at radius 1 is 1.43 bits per heavy atom. The summed E-state index contributed by atoms with van der Waals surface area (Å²) in [6.45, 7) is 0.920. The van der Waals surface area contributed by atoms with E-state index in [-0.39, 0.29) is 11.8 Å². The van der Waals surface area contributed by atoms with Gasteiger partial charge in [-0.05, 0) is 24.3 Å². The van der Waals surface area contributed by atoms with Gasteiger partial charge < -0.3 is 4.90 Å². The zero-order valence-corrected chi connectivity index (χ0v) is 13.7. The molecule has 1 aliphatic heterocycles. The smallest absolute Gasteiger partial charge is 0.174 e. The summed E-state index contributed by atoms with van der Waals surface area (Å²) in [7, 11) is 1.88. The minimum absolute atomic E-state index is 0.197. The largest absolute Gasteiger partial charge is 0.352 e. The van der Waals surface area contributed by atoms with Gasteiger partial charge in [-0.15, -0.1) is 11.3 Å². The van der Waals surface area contributed by atoms with Gasteiger partial charge in [0.25, 0.3) is 0 Å². The van der Waals surface area contributed by atoms with E-state index in [0.717, 1.165) is 41.1 Å². The number of Topliss-reactive ketones (excluding diaryl/α,β-unsaturated/α-hetero) is 1. The number of nitrogens with zero attached hydrogens (tertiary/aromatic N) is 5. The van der Waals surface area contributed by atoms with Gasteiger partial charge in [-0.1, -0.05) is 6.07 Å². The minimum atomic E-state index is 0.197. The summed E-state index contributed by atoms with van der Waals surface area (Å²) >= 11 is 1.51. The lowest BCUT2D eigenvalue weighted by molar-refractivity contribution is 0.0978. The van der Waals surface area contributed by atoms with Gasteiger partial charge in [0.05, 0.1) is 16.5 Å². The van der Waals surface area contributed by atoms with Crippen molar-refractivity contribution in [1.29, 1.82) is 0 Å². The lowest BCUT2D eigenvalue weighted by Gasteiger charge is -2.25. The molecule has 118 valence electrons. The van der Waals surface area contributed by atoms with Gasteiger partial charge in [0.2, 0.25) is 0 Å². The molecule has 23 heavy (non-hydrogen) atoms. The first-order chi connectivity index (χ1) is 11.2. The van der Waals surface area contributed by atoms with Crippen molar-refractivity contribution in [3.8, 4) is 0 Å². The molecule has 4 rings (SSSR count). The predicted molar refractivity (Wildman–Crippen MR) is 89.9 cm³/mol. The molecule has 6 nitrogen and oxygen atoms in total. The fourth-order valence-corrected chi connectivity index (χ4v) is 3.93. The second-order valence-electron chi connectivity index (χ2n) is 5.80. The highest BCUT2D eigenvalue weighted by atomic mass is 32.1. The van der Waals surface area contributed by atoms with Crippen LogP contribution in [0.1, 0.15) is 28.9 Å². The molecule has 0 radical (unpaired) electrons. The summed E-state index contributed by atoms with van der Waals surface area (Å²) in [6, 6.07) is 4.02. The second kappa shape index (κ2) is 5.73. The van der Waals surface area contributed by atoms with E-state index >= 15 is 0 Å². The number of carbonyl (C=O) groups excluding carboxylic acids is 1. The summed E-state index contributed by atoms with van der Waals surface area (Å²) in [4.78, 5) is 24.3. The Bertz CT molecular complexity index is 841. The summed E-state index contributed by atoms with van der Waals surface area (Å²) in [6.07, 6.45) is 6.01. The Kier molecular flexibility index (Phi) is 3.57. The number of fused-ring (bicyclic) bond motifs is 1. The maximum absolute atomic E-state index is 12.4. The van der Waals surface area contributed by atoms with Crippen molar-refractivity contribution in [3.05, 3.63) is 34.9 Å². The molecule has 0 N–H and O–H groups in total. The van der Waals surface area contributed by atoms with Crippen molar-refractivity contribution < 1.29 is 4.79 Å². The van der Waals surface area contributed by atoms with Gasteiger partial charge in [0.15, 0.2) is 11.4 Å². The van der Waals surface area contributed by atoms with Crippen LogP contribution in [0.25, 0.3) is 11.0 Å². The van der Waals surface area contributed by atoms with E-state index in [1.165, 1.54) is 11.3 Å². The quantitative estimate of drug-likeness (QED) is 0.689. The monoisotopic (exact) mass is 327 g/mol. The second-order valence-corrected chi connectivity index (χ2v) is 6.74. The van der Waals surface area contributed by atoms with Crippen LogP contribution in [0, 0.1) is 0 Å². The van der Waals surface area contributed by atoms with Crippen molar-refractivity contribution >= 4 is 34.0 Å². The molecular formula is C16H17N5OS. The number of ketones is 1. The Hall–Kier alpha value is -2.28. The topological polar surface area (TPSA) is 63.9 Å². The SMILES string of the molecule is Cn1ncc2c(N3CCC[C@H]3CC(=O)c3cccs3)ncnc21. The molecule has 1 saturated heterocycles. The molecule has 1 aliphatic rings. The van der Waals surface area contributed by atoms with E-state index in [9.17, 15) is 4.79 Å². The number of thiophene rings is 1. The summed E-state index contributed by atoms with van der Waals surface area (Å²) < 4.78 is 1.75. The van der Waals surface area contributed by atoms with Crippen LogP contribution in [0.15, 0.2) is 30.0 Å².